The summed E-state index contributed by atoms with van der Waals surface area (Å²) in [6.07, 6.45) is 0. The zero-order valence-corrected chi connectivity index (χ0v) is 15.1. The van der Waals surface area contributed by atoms with E-state index in [4.69, 9.17) is 14.7 Å². The van der Waals surface area contributed by atoms with Crippen LogP contribution in [0.3, 0.4) is 0 Å². The summed E-state index contributed by atoms with van der Waals surface area (Å²) < 4.78 is 10.6. The number of carbonyl (C=O) groups is 2. The monoisotopic (exact) mass is 375 g/mol. The summed E-state index contributed by atoms with van der Waals surface area (Å²) in [6.45, 7) is -0.291. The molecule has 0 fully saturated rings. The van der Waals surface area contributed by atoms with E-state index in [-0.39, 0.29) is 6.61 Å². The van der Waals surface area contributed by atoms with E-state index >= 15 is 0 Å². The SMILES string of the molecule is COc1cc2ccccc2cc1C(=O)NNC(=O)COc1ccc(C#N)cc1. The van der Waals surface area contributed by atoms with E-state index < -0.39 is 11.8 Å². The Morgan fingerprint density at radius 2 is 1.68 bits per heavy atom. The maximum Gasteiger partial charge on any atom is 0.276 e. The third-order valence-corrected chi connectivity index (χ3v) is 3.98. The number of hydrogen-bond donors (Lipinski definition) is 2. The van der Waals surface area contributed by atoms with Crippen LogP contribution < -0.4 is 20.3 Å². The molecule has 0 saturated carbocycles. The molecule has 0 spiro atoms. The van der Waals surface area contributed by atoms with Gasteiger partial charge in [-0.25, -0.2) is 0 Å². The van der Waals surface area contributed by atoms with Gasteiger partial charge in [0.2, 0.25) is 0 Å². The quantitative estimate of drug-likeness (QED) is 0.668. The zero-order valence-electron chi connectivity index (χ0n) is 15.1. The molecule has 3 aromatic carbocycles. The highest BCUT2D eigenvalue weighted by Crippen LogP contribution is 2.25. The normalized spacial score (nSPS) is 10.0. The molecule has 0 aliphatic carbocycles. The van der Waals surface area contributed by atoms with Gasteiger partial charge in [-0.3, -0.25) is 20.4 Å². The zero-order chi connectivity index (χ0) is 19.9. The number of methoxy groups -OCH3 is 1. The summed E-state index contributed by atoms with van der Waals surface area (Å²) in [5.74, 6) is -0.192. The first kappa shape index (κ1) is 18.7. The molecule has 0 atom stereocenters. The first-order chi connectivity index (χ1) is 13.6. The standard InChI is InChI=1S/C21H17N3O4/c1-27-19-11-16-5-3-2-4-15(16)10-18(19)21(26)24-23-20(25)13-28-17-8-6-14(12-22)7-9-17/h2-11H,13H2,1H3,(H,23,25)(H,24,26). The van der Waals surface area contributed by atoms with Crippen molar-refractivity contribution in [3.8, 4) is 17.6 Å². The lowest BCUT2D eigenvalue weighted by Crippen LogP contribution is -2.43. The van der Waals surface area contributed by atoms with Crippen molar-refractivity contribution in [3.63, 3.8) is 0 Å². The number of ether oxygens (including phenoxy) is 2. The van der Waals surface area contributed by atoms with Crippen molar-refractivity contribution >= 4 is 22.6 Å². The number of benzene rings is 3. The molecular weight excluding hydrogens is 358 g/mol. The highest BCUT2D eigenvalue weighted by molar-refractivity contribution is 6.02. The molecule has 7 heteroatoms. The van der Waals surface area contributed by atoms with Crippen molar-refractivity contribution in [1.29, 1.82) is 5.26 Å². The predicted octanol–water partition coefficient (Wildman–Crippen LogP) is 2.56. The average Bonchev–Trinajstić information content (AvgIpc) is 2.75. The van der Waals surface area contributed by atoms with Gasteiger partial charge < -0.3 is 9.47 Å². The molecule has 2 N–H and O–H groups in total. The molecule has 0 unspecified atom stereocenters. The maximum atomic E-state index is 12.4. The minimum Gasteiger partial charge on any atom is -0.496 e. The minimum atomic E-state index is -0.530. The van der Waals surface area contributed by atoms with Gasteiger partial charge in [0.05, 0.1) is 24.3 Å². The van der Waals surface area contributed by atoms with Crippen LogP contribution in [0.4, 0.5) is 0 Å². The molecule has 0 bridgehead atoms. The van der Waals surface area contributed by atoms with E-state index in [0.29, 0.717) is 22.6 Å². The predicted molar refractivity (Wildman–Crippen MR) is 103 cm³/mol. The number of hydrazine groups is 1. The molecule has 0 aromatic heterocycles. The van der Waals surface area contributed by atoms with E-state index in [1.165, 1.54) is 7.11 Å². The van der Waals surface area contributed by atoms with E-state index in [0.717, 1.165) is 10.8 Å². The van der Waals surface area contributed by atoms with Crippen molar-refractivity contribution in [2.45, 2.75) is 0 Å². The van der Waals surface area contributed by atoms with Crippen LogP contribution in [-0.2, 0) is 4.79 Å². The summed E-state index contributed by atoms with van der Waals surface area (Å²) in [7, 11) is 1.48. The molecule has 2 amide bonds. The van der Waals surface area contributed by atoms with Crippen LogP contribution in [0, 0.1) is 11.3 Å². The van der Waals surface area contributed by atoms with Crippen molar-refractivity contribution in [1.82, 2.24) is 10.9 Å². The number of carbonyl (C=O) groups excluding carboxylic acids is 2. The molecule has 0 saturated heterocycles. The summed E-state index contributed by atoms with van der Waals surface area (Å²) in [5, 5.41) is 10.6. The second-order valence-electron chi connectivity index (χ2n) is 5.83. The Labute approximate surface area is 161 Å². The number of nitrogens with zero attached hydrogens (tertiary/aromatic N) is 1. The molecule has 0 aliphatic rings. The minimum absolute atomic E-state index is 0.291. The summed E-state index contributed by atoms with van der Waals surface area (Å²) >= 11 is 0. The van der Waals surface area contributed by atoms with Crippen LogP contribution in [0.25, 0.3) is 10.8 Å². The Hall–Kier alpha value is -4.05. The van der Waals surface area contributed by atoms with Crippen LogP contribution in [0.1, 0.15) is 15.9 Å². The molecule has 0 heterocycles. The van der Waals surface area contributed by atoms with Crippen LogP contribution in [0.15, 0.2) is 60.7 Å². The van der Waals surface area contributed by atoms with E-state index in [2.05, 4.69) is 10.9 Å². The lowest BCUT2D eigenvalue weighted by Gasteiger charge is -2.12. The van der Waals surface area contributed by atoms with E-state index in [9.17, 15) is 9.59 Å². The number of hydrogen-bond acceptors (Lipinski definition) is 5. The molecule has 3 aromatic rings. The first-order valence-corrected chi connectivity index (χ1v) is 8.39. The second kappa shape index (κ2) is 8.56. The Morgan fingerprint density at radius 3 is 2.32 bits per heavy atom. The lowest BCUT2D eigenvalue weighted by atomic mass is 10.1. The molecule has 140 valence electrons. The number of fused-ring (bicyclic) bond motifs is 1. The van der Waals surface area contributed by atoms with Gasteiger partial charge in [-0.2, -0.15) is 5.26 Å². The van der Waals surface area contributed by atoms with Gasteiger partial charge in [0.25, 0.3) is 11.8 Å². The van der Waals surface area contributed by atoms with Gasteiger partial charge >= 0.3 is 0 Å². The van der Waals surface area contributed by atoms with Gasteiger partial charge in [-0.15, -0.1) is 0 Å². The Morgan fingerprint density at radius 1 is 1.00 bits per heavy atom. The van der Waals surface area contributed by atoms with Crippen molar-refractivity contribution in [2.24, 2.45) is 0 Å². The van der Waals surface area contributed by atoms with Crippen LogP contribution in [-0.4, -0.2) is 25.5 Å². The topological polar surface area (TPSA) is 100 Å². The van der Waals surface area contributed by atoms with Crippen LogP contribution in [0.5, 0.6) is 11.5 Å². The van der Waals surface area contributed by atoms with Crippen molar-refractivity contribution < 1.29 is 19.1 Å². The number of nitriles is 1. The molecule has 28 heavy (non-hydrogen) atoms. The van der Waals surface area contributed by atoms with E-state index in [1.54, 1.807) is 36.4 Å². The van der Waals surface area contributed by atoms with Gasteiger partial charge in [0.15, 0.2) is 6.61 Å². The van der Waals surface area contributed by atoms with Gasteiger partial charge in [0, 0.05) is 0 Å². The molecule has 3 rings (SSSR count). The molecule has 0 aliphatic heterocycles. The third-order valence-electron chi connectivity index (χ3n) is 3.98. The van der Waals surface area contributed by atoms with Crippen LogP contribution in [0.2, 0.25) is 0 Å². The Bertz CT molecular complexity index is 1060. The second-order valence-corrected chi connectivity index (χ2v) is 5.83. The Balaban J connectivity index is 1.59. The van der Waals surface area contributed by atoms with E-state index in [1.807, 2.05) is 30.3 Å². The molecule has 0 radical (unpaired) electrons. The third kappa shape index (κ3) is 4.37. The highest BCUT2D eigenvalue weighted by Gasteiger charge is 2.14. The molecule has 7 nitrogen and oxygen atoms in total. The van der Waals surface area contributed by atoms with Gasteiger partial charge in [0.1, 0.15) is 11.5 Å². The Kier molecular flexibility index (Phi) is 5.72. The van der Waals surface area contributed by atoms with Crippen LogP contribution >= 0.6 is 0 Å². The average molecular weight is 375 g/mol. The number of amides is 2. The lowest BCUT2D eigenvalue weighted by molar-refractivity contribution is -0.123. The van der Waals surface area contributed by atoms with Gasteiger partial charge in [-0.1, -0.05) is 24.3 Å². The highest BCUT2D eigenvalue weighted by atomic mass is 16.5. The maximum absolute atomic E-state index is 12.4. The summed E-state index contributed by atoms with van der Waals surface area (Å²) in [4.78, 5) is 24.3. The smallest absolute Gasteiger partial charge is 0.276 e. The van der Waals surface area contributed by atoms with Crippen molar-refractivity contribution in [3.05, 3.63) is 71.8 Å². The number of nitrogens with one attached hydrogen (secondary N) is 2. The van der Waals surface area contributed by atoms with Crippen molar-refractivity contribution in [2.75, 3.05) is 13.7 Å². The largest absolute Gasteiger partial charge is 0.496 e. The fourth-order valence-corrected chi connectivity index (χ4v) is 2.57. The number of rotatable bonds is 5. The molecular formula is C21H17N3O4. The fraction of sp³-hybridized carbons (Fsp3) is 0.0952. The summed E-state index contributed by atoms with van der Waals surface area (Å²) in [5.41, 5.74) is 5.45. The van der Waals surface area contributed by atoms with Gasteiger partial charge in [-0.05, 0) is 47.2 Å². The summed E-state index contributed by atoms with van der Waals surface area (Å²) in [6, 6.07) is 19.4. The first-order valence-electron chi connectivity index (χ1n) is 8.39. The fourth-order valence-electron chi connectivity index (χ4n) is 2.57.